The standard InChI is InChI=1S/C25H31FN2O4/c1-16-10-12-28(24(17(16)2)19-4-3-5-21(29)15-19)13-11-23(30)27-22(25(31)32)14-18-6-8-20(26)9-7-18/h3-9,15-17,22,24,29H,10-14H2,1-2H3,(H,27,30)(H,31,32)/t16-,17-,22-,24?/m1/s1. The van der Waals surface area contributed by atoms with Crippen LogP contribution >= 0.6 is 0 Å². The van der Waals surface area contributed by atoms with E-state index in [-0.39, 0.29) is 30.5 Å². The van der Waals surface area contributed by atoms with Crippen LogP contribution in [-0.2, 0) is 16.0 Å². The van der Waals surface area contributed by atoms with Crippen LogP contribution in [0.4, 0.5) is 4.39 Å². The van der Waals surface area contributed by atoms with Crippen molar-refractivity contribution in [2.24, 2.45) is 11.8 Å². The van der Waals surface area contributed by atoms with Crippen molar-refractivity contribution in [1.82, 2.24) is 10.2 Å². The minimum atomic E-state index is -1.12. The third-order valence-corrected chi connectivity index (χ3v) is 6.48. The highest BCUT2D eigenvalue weighted by molar-refractivity contribution is 5.83. The number of amides is 1. The highest BCUT2D eigenvalue weighted by Crippen LogP contribution is 2.39. The van der Waals surface area contributed by atoms with Gasteiger partial charge in [0.05, 0.1) is 0 Å². The zero-order valence-electron chi connectivity index (χ0n) is 18.5. The number of hydrogen-bond acceptors (Lipinski definition) is 4. The third kappa shape index (κ3) is 6.07. The number of phenolic OH excluding ortho intramolecular Hbond substituents is 1. The summed E-state index contributed by atoms with van der Waals surface area (Å²) < 4.78 is 13.1. The average molecular weight is 443 g/mol. The van der Waals surface area contributed by atoms with Gasteiger partial charge in [-0.2, -0.15) is 0 Å². The zero-order valence-corrected chi connectivity index (χ0v) is 18.5. The summed E-state index contributed by atoms with van der Waals surface area (Å²) in [6.07, 6.45) is 1.27. The molecule has 2 aromatic carbocycles. The lowest BCUT2D eigenvalue weighted by Gasteiger charge is -2.43. The van der Waals surface area contributed by atoms with E-state index in [2.05, 4.69) is 24.1 Å². The fraction of sp³-hybridized carbons (Fsp3) is 0.440. The first kappa shape index (κ1) is 23.7. The molecule has 0 bridgehead atoms. The summed E-state index contributed by atoms with van der Waals surface area (Å²) in [6, 6.07) is 11.8. The van der Waals surface area contributed by atoms with E-state index in [1.807, 2.05) is 12.1 Å². The Morgan fingerprint density at radius 1 is 1.19 bits per heavy atom. The summed E-state index contributed by atoms with van der Waals surface area (Å²) in [5.41, 5.74) is 1.66. The summed E-state index contributed by atoms with van der Waals surface area (Å²) in [5, 5.41) is 22.0. The molecule has 1 aliphatic heterocycles. The summed E-state index contributed by atoms with van der Waals surface area (Å²) in [4.78, 5) is 26.5. The number of nitrogens with one attached hydrogen (secondary N) is 1. The van der Waals surface area contributed by atoms with E-state index in [1.54, 1.807) is 12.1 Å². The Labute approximate surface area is 188 Å². The topological polar surface area (TPSA) is 89.9 Å². The van der Waals surface area contributed by atoms with Crippen LogP contribution in [-0.4, -0.2) is 46.1 Å². The smallest absolute Gasteiger partial charge is 0.326 e. The largest absolute Gasteiger partial charge is 0.508 e. The van der Waals surface area contributed by atoms with Crippen molar-refractivity contribution >= 4 is 11.9 Å². The predicted octanol–water partition coefficient (Wildman–Crippen LogP) is 3.75. The first-order chi connectivity index (χ1) is 15.2. The Morgan fingerprint density at radius 3 is 2.56 bits per heavy atom. The minimum absolute atomic E-state index is 0.0770. The van der Waals surface area contributed by atoms with Crippen LogP contribution in [0.15, 0.2) is 48.5 Å². The fourth-order valence-corrected chi connectivity index (χ4v) is 4.46. The Morgan fingerprint density at radius 2 is 1.91 bits per heavy atom. The molecule has 1 aliphatic rings. The second kappa shape index (κ2) is 10.6. The third-order valence-electron chi connectivity index (χ3n) is 6.48. The number of benzene rings is 2. The summed E-state index contributed by atoms with van der Waals surface area (Å²) in [5.74, 6) is -0.772. The highest BCUT2D eigenvalue weighted by atomic mass is 19.1. The van der Waals surface area contributed by atoms with Crippen molar-refractivity contribution in [1.29, 1.82) is 0 Å². The maximum Gasteiger partial charge on any atom is 0.326 e. The number of carbonyl (C=O) groups is 2. The van der Waals surface area contributed by atoms with Gasteiger partial charge in [-0.15, -0.1) is 0 Å². The molecule has 0 saturated carbocycles. The number of nitrogens with zero attached hydrogens (tertiary/aromatic N) is 1. The van der Waals surface area contributed by atoms with E-state index in [1.165, 1.54) is 24.3 Å². The highest BCUT2D eigenvalue weighted by Gasteiger charge is 2.34. The van der Waals surface area contributed by atoms with Gasteiger partial charge in [0.2, 0.25) is 5.91 Å². The summed E-state index contributed by atoms with van der Waals surface area (Å²) >= 11 is 0. The molecule has 1 unspecified atom stereocenters. The normalized spacial score (nSPS) is 22.3. The monoisotopic (exact) mass is 442 g/mol. The van der Waals surface area contributed by atoms with Crippen LogP contribution in [0, 0.1) is 17.7 Å². The number of carboxylic acid groups (broad SMARTS) is 1. The molecule has 0 aliphatic carbocycles. The molecule has 0 spiro atoms. The lowest BCUT2D eigenvalue weighted by molar-refractivity contribution is -0.141. The predicted molar refractivity (Wildman–Crippen MR) is 120 cm³/mol. The molecule has 172 valence electrons. The van der Waals surface area contributed by atoms with Crippen LogP contribution in [0.3, 0.4) is 0 Å². The molecule has 1 amide bonds. The van der Waals surface area contributed by atoms with Gasteiger partial charge >= 0.3 is 5.97 Å². The fourth-order valence-electron chi connectivity index (χ4n) is 4.46. The molecule has 6 nitrogen and oxygen atoms in total. The quantitative estimate of drug-likeness (QED) is 0.579. The Hall–Kier alpha value is -2.93. The van der Waals surface area contributed by atoms with Crippen molar-refractivity contribution < 1.29 is 24.2 Å². The zero-order chi connectivity index (χ0) is 23.3. The van der Waals surface area contributed by atoms with Crippen LogP contribution in [0.5, 0.6) is 5.75 Å². The minimum Gasteiger partial charge on any atom is -0.508 e. The average Bonchev–Trinajstić information content (AvgIpc) is 2.75. The van der Waals surface area contributed by atoms with Crippen LogP contribution in [0.2, 0.25) is 0 Å². The van der Waals surface area contributed by atoms with Crippen molar-refractivity contribution in [3.63, 3.8) is 0 Å². The molecule has 1 heterocycles. The van der Waals surface area contributed by atoms with Gasteiger partial charge in [-0.3, -0.25) is 9.69 Å². The van der Waals surface area contributed by atoms with E-state index in [4.69, 9.17) is 0 Å². The second-order valence-corrected chi connectivity index (χ2v) is 8.74. The van der Waals surface area contributed by atoms with E-state index in [9.17, 15) is 24.2 Å². The van der Waals surface area contributed by atoms with E-state index < -0.39 is 17.8 Å². The Balaban J connectivity index is 1.63. The molecule has 4 atom stereocenters. The molecule has 32 heavy (non-hydrogen) atoms. The van der Waals surface area contributed by atoms with Gasteiger partial charge in [0, 0.05) is 25.4 Å². The van der Waals surface area contributed by atoms with Gasteiger partial charge in [0.25, 0.3) is 0 Å². The molecule has 1 saturated heterocycles. The number of carbonyl (C=O) groups excluding carboxylic acids is 1. The van der Waals surface area contributed by atoms with Gasteiger partial charge in [-0.1, -0.05) is 38.1 Å². The van der Waals surface area contributed by atoms with Crippen molar-refractivity contribution in [3.05, 3.63) is 65.5 Å². The van der Waals surface area contributed by atoms with E-state index in [0.717, 1.165) is 18.5 Å². The van der Waals surface area contributed by atoms with Crippen molar-refractivity contribution in [2.75, 3.05) is 13.1 Å². The van der Waals surface area contributed by atoms with Crippen molar-refractivity contribution in [3.8, 4) is 5.75 Å². The van der Waals surface area contributed by atoms with Crippen molar-refractivity contribution in [2.45, 2.75) is 45.2 Å². The number of aromatic hydroxyl groups is 1. The number of rotatable bonds is 8. The van der Waals surface area contributed by atoms with Crippen LogP contribution < -0.4 is 5.32 Å². The maximum absolute atomic E-state index is 13.1. The first-order valence-corrected chi connectivity index (χ1v) is 11.0. The molecule has 2 aromatic rings. The SMILES string of the molecule is C[C@@H]1CCN(CCC(=O)N[C@H](Cc2ccc(F)cc2)C(=O)O)C(c2cccc(O)c2)[C@@H]1C. The summed E-state index contributed by atoms with van der Waals surface area (Å²) in [6.45, 7) is 5.73. The number of hydrogen-bond donors (Lipinski definition) is 3. The van der Waals surface area contributed by atoms with Gasteiger partial charge < -0.3 is 15.5 Å². The Bertz CT molecular complexity index is 934. The number of carboxylic acids is 1. The maximum atomic E-state index is 13.1. The number of halogens is 1. The lowest BCUT2D eigenvalue weighted by atomic mass is 9.79. The second-order valence-electron chi connectivity index (χ2n) is 8.74. The molecule has 0 aromatic heterocycles. The molecule has 3 rings (SSSR count). The van der Waals surface area contributed by atoms with Gasteiger partial charge in [0.1, 0.15) is 17.6 Å². The van der Waals surface area contributed by atoms with E-state index in [0.29, 0.717) is 23.9 Å². The van der Waals surface area contributed by atoms with Gasteiger partial charge in [-0.25, -0.2) is 9.18 Å². The molecular weight excluding hydrogens is 411 g/mol. The molecule has 3 N–H and O–H groups in total. The van der Waals surface area contributed by atoms with Crippen LogP contribution in [0.1, 0.15) is 43.9 Å². The first-order valence-electron chi connectivity index (χ1n) is 11.0. The van der Waals surface area contributed by atoms with Gasteiger partial charge in [-0.05, 0) is 60.2 Å². The molecule has 7 heteroatoms. The number of piperidine rings is 1. The van der Waals surface area contributed by atoms with Gasteiger partial charge in [0.15, 0.2) is 0 Å². The number of likely N-dealkylation sites (tertiary alicyclic amines) is 1. The summed E-state index contributed by atoms with van der Waals surface area (Å²) in [7, 11) is 0. The Kier molecular flexibility index (Phi) is 7.85. The molecular formula is C25H31FN2O4. The molecule has 1 fully saturated rings. The lowest BCUT2D eigenvalue weighted by Crippen LogP contribution is -2.45. The van der Waals surface area contributed by atoms with Crippen LogP contribution in [0.25, 0.3) is 0 Å². The van der Waals surface area contributed by atoms with E-state index >= 15 is 0 Å². The number of aliphatic carboxylic acids is 1. The number of phenols is 1. The molecule has 0 radical (unpaired) electrons.